The zero-order chi connectivity index (χ0) is 48.4. The summed E-state index contributed by atoms with van der Waals surface area (Å²) in [7, 11) is 0. The second kappa shape index (κ2) is 22.7. The van der Waals surface area contributed by atoms with Crippen LogP contribution in [0.5, 0.6) is 17.2 Å². The van der Waals surface area contributed by atoms with Crippen molar-refractivity contribution < 1.29 is 48.4 Å². The van der Waals surface area contributed by atoms with E-state index in [9.17, 15) is 34.2 Å². The lowest BCUT2D eigenvalue weighted by molar-refractivity contribution is -0.00147. The van der Waals surface area contributed by atoms with Gasteiger partial charge in [0.25, 0.3) is 0 Å². The van der Waals surface area contributed by atoms with Crippen LogP contribution in [0.1, 0.15) is 214 Å². The summed E-state index contributed by atoms with van der Waals surface area (Å²) in [5, 5.41) is 22.7. The number of ether oxygens (including phenoxy) is 3. The van der Waals surface area contributed by atoms with Gasteiger partial charge in [0.15, 0.2) is 17.7 Å². The maximum atomic E-state index is 13.9. The molecule has 3 aliphatic carbocycles. The van der Waals surface area contributed by atoms with Gasteiger partial charge in [-0.3, -0.25) is 9.59 Å². The van der Waals surface area contributed by atoms with Crippen molar-refractivity contribution in [2.75, 3.05) is 6.61 Å². The molecule has 1 unspecified atom stereocenters. The van der Waals surface area contributed by atoms with Gasteiger partial charge in [-0.15, -0.1) is 0 Å². The molecule has 69 heavy (non-hydrogen) atoms. The number of rotatable bonds is 18. The van der Waals surface area contributed by atoms with Gasteiger partial charge >= 0.3 is 17.9 Å². The first-order valence-electron chi connectivity index (χ1n) is 25.2. The number of esters is 3. The molecule has 0 amide bonds. The standard InChI is InChI=1S/C59H64O10/c1-3-5-8-12-37-16-20-39(21-17-37)41-24-26-44(27-25-41)57(64)69-50(43-14-10-7-11-15-43)36-67-58(65)48-34-32-46-51(55(48)62)53(60)47-33-35-49(56(63)52(47)54(46)61)59(66)68-45-30-28-42(29-31-45)40-22-18-38(19-23-40)13-9-6-4-2/h7,10-11,14-15,24-35,37-40,50,62-63H,3-6,8-9,12-13,16-23,36H2,1-2H3. The van der Waals surface area contributed by atoms with Gasteiger partial charge in [-0.1, -0.05) is 120 Å². The van der Waals surface area contributed by atoms with Gasteiger partial charge in [0.2, 0.25) is 0 Å². The Bertz CT molecular complexity index is 2620. The van der Waals surface area contributed by atoms with Gasteiger partial charge < -0.3 is 24.4 Å². The van der Waals surface area contributed by atoms with E-state index in [1.54, 1.807) is 54.6 Å². The first kappa shape index (κ1) is 48.9. The molecule has 2 fully saturated rings. The normalized spacial score (nSPS) is 19.2. The van der Waals surface area contributed by atoms with Crippen LogP contribution < -0.4 is 4.74 Å². The molecular formula is C59H64O10. The zero-order valence-corrected chi connectivity index (χ0v) is 39.9. The molecular weight excluding hydrogens is 869 g/mol. The summed E-state index contributed by atoms with van der Waals surface area (Å²) in [5.41, 5.74) is 1.21. The van der Waals surface area contributed by atoms with Crippen LogP contribution in [0.15, 0.2) is 103 Å². The molecule has 0 spiro atoms. The predicted octanol–water partition coefficient (Wildman–Crippen LogP) is 13.6. The van der Waals surface area contributed by atoms with Crippen molar-refractivity contribution in [1.29, 1.82) is 0 Å². The maximum Gasteiger partial charge on any atom is 0.347 e. The fraction of sp³-hybridized carbons (Fsp3) is 0.407. The largest absolute Gasteiger partial charge is 0.506 e. The first-order chi connectivity index (χ1) is 33.5. The number of unbranched alkanes of at least 4 members (excludes halogenated alkanes) is 4. The van der Waals surface area contributed by atoms with Gasteiger partial charge in [-0.05, 0) is 140 Å². The Balaban J connectivity index is 0.897. The Hall–Kier alpha value is -6.55. The molecule has 5 aromatic carbocycles. The highest BCUT2D eigenvalue weighted by molar-refractivity contribution is 6.31. The number of hydrogen-bond acceptors (Lipinski definition) is 10. The molecule has 0 bridgehead atoms. The first-order valence-corrected chi connectivity index (χ1v) is 25.2. The van der Waals surface area contributed by atoms with Gasteiger partial charge in [0.1, 0.15) is 35.0 Å². The van der Waals surface area contributed by atoms with Crippen LogP contribution in [0.4, 0.5) is 0 Å². The number of fused-ring (bicyclic) bond motifs is 2. The highest BCUT2D eigenvalue weighted by Crippen LogP contribution is 2.42. The third kappa shape index (κ3) is 11.3. The Morgan fingerprint density at radius 2 is 1.03 bits per heavy atom. The number of carbonyl (C=O) groups excluding carboxylic acids is 5. The van der Waals surface area contributed by atoms with Crippen molar-refractivity contribution in [3.05, 3.63) is 159 Å². The minimum absolute atomic E-state index is 0.263. The number of ketones is 2. The molecule has 10 heteroatoms. The number of carbonyl (C=O) groups is 5. The molecule has 2 N–H and O–H groups in total. The second-order valence-corrected chi connectivity index (χ2v) is 19.3. The van der Waals surface area contributed by atoms with E-state index < -0.39 is 70.4 Å². The lowest BCUT2D eigenvalue weighted by atomic mass is 9.77. The van der Waals surface area contributed by atoms with E-state index in [0.29, 0.717) is 23.0 Å². The minimum Gasteiger partial charge on any atom is -0.506 e. The molecule has 0 radical (unpaired) electrons. The third-order valence-electron chi connectivity index (χ3n) is 14.8. The van der Waals surface area contributed by atoms with E-state index in [-0.39, 0.29) is 22.4 Å². The predicted molar refractivity (Wildman–Crippen MR) is 263 cm³/mol. The SMILES string of the molecule is CCCCCC1CCC(c2ccc(OC(=O)c3ccc4c(c3O)C(=O)c3ccc(C(=O)OCC(OC(=O)c5ccc(C6CCC(CCCCC)CC6)cc5)c5ccccc5)c(O)c3C4=O)cc2)CC1. The van der Waals surface area contributed by atoms with E-state index in [4.69, 9.17) is 14.2 Å². The summed E-state index contributed by atoms with van der Waals surface area (Å²) in [6.07, 6.45) is 18.6. The lowest BCUT2D eigenvalue weighted by Gasteiger charge is -2.29. The molecule has 8 rings (SSSR count). The molecule has 1 atom stereocenters. The van der Waals surface area contributed by atoms with Gasteiger partial charge in [-0.2, -0.15) is 0 Å². The van der Waals surface area contributed by atoms with Crippen LogP contribution >= 0.6 is 0 Å². The molecule has 2 saturated carbocycles. The van der Waals surface area contributed by atoms with Crippen LogP contribution in [0.3, 0.4) is 0 Å². The fourth-order valence-electron chi connectivity index (χ4n) is 10.7. The fourth-order valence-corrected chi connectivity index (χ4v) is 10.7. The van der Waals surface area contributed by atoms with Crippen molar-refractivity contribution in [2.24, 2.45) is 11.8 Å². The summed E-state index contributed by atoms with van der Waals surface area (Å²) < 4.78 is 17.2. The Labute approximate surface area is 405 Å². The molecule has 5 aromatic rings. The van der Waals surface area contributed by atoms with Crippen LogP contribution in [0.25, 0.3) is 0 Å². The molecule has 10 nitrogen and oxygen atoms in total. The molecule has 0 heterocycles. The zero-order valence-electron chi connectivity index (χ0n) is 39.9. The lowest BCUT2D eigenvalue weighted by Crippen LogP contribution is -2.24. The second-order valence-electron chi connectivity index (χ2n) is 19.3. The van der Waals surface area contributed by atoms with Gasteiger partial charge in [-0.25, -0.2) is 14.4 Å². The number of phenols is 2. The molecule has 0 aromatic heterocycles. The van der Waals surface area contributed by atoms with Crippen LogP contribution in [-0.2, 0) is 9.47 Å². The highest BCUT2D eigenvalue weighted by atomic mass is 16.6. The Morgan fingerprint density at radius 1 is 0.551 bits per heavy atom. The van der Waals surface area contributed by atoms with Gasteiger partial charge in [0, 0.05) is 11.1 Å². The van der Waals surface area contributed by atoms with Crippen molar-refractivity contribution in [3.63, 3.8) is 0 Å². The van der Waals surface area contributed by atoms with E-state index >= 15 is 0 Å². The highest BCUT2D eigenvalue weighted by Gasteiger charge is 2.38. The minimum atomic E-state index is -1.03. The van der Waals surface area contributed by atoms with E-state index in [2.05, 4.69) is 13.8 Å². The molecule has 0 saturated heterocycles. The Morgan fingerprint density at radius 3 is 1.52 bits per heavy atom. The summed E-state index contributed by atoms with van der Waals surface area (Å²) in [5.74, 6) is -2.97. The number of benzene rings is 5. The van der Waals surface area contributed by atoms with Crippen molar-refractivity contribution in [3.8, 4) is 17.2 Å². The van der Waals surface area contributed by atoms with Gasteiger partial charge in [0.05, 0.1) is 16.7 Å². The molecule has 3 aliphatic rings. The van der Waals surface area contributed by atoms with E-state index in [0.717, 1.165) is 43.6 Å². The van der Waals surface area contributed by atoms with Crippen molar-refractivity contribution >= 4 is 29.5 Å². The van der Waals surface area contributed by atoms with E-state index in [1.165, 1.54) is 106 Å². The van der Waals surface area contributed by atoms with Crippen LogP contribution in [0.2, 0.25) is 0 Å². The Kier molecular flexibility index (Phi) is 16.1. The average Bonchev–Trinajstić information content (AvgIpc) is 3.37. The third-order valence-corrected chi connectivity index (χ3v) is 14.8. The van der Waals surface area contributed by atoms with E-state index in [1.807, 2.05) is 24.3 Å². The quantitative estimate of drug-likeness (QED) is 0.0484. The molecule has 0 aliphatic heterocycles. The van der Waals surface area contributed by atoms with Crippen LogP contribution in [0, 0.1) is 11.8 Å². The topological polar surface area (TPSA) is 154 Å². The summed E-state index contributed by atoms with van der Waals surface area (Å²) in [6.45, 7) is 4.05. The maximum absolute atomic E-state index is 13.9. The number of hydrogen-bond donors (Lipinski definition) is 2. The number of phenolic OH excluding ortho intramolecular Hbond substituents is 2. The summed E-state index contributed by atoms with van der Waals surface area (Å²) >= 11 is 0. The monoisotopic (exact) mass is 932 g/mol. The van der Waals surface area contributed by atoms with Crippen molar-refractivity contribution in [1.82, 2.24) is 0 Å². The summed E-state index contributed by atoms with van der Waals surface area (Å²) in [4.78, 5) is 68.4. The summed E-state index contributed by atoms with van der Waals surface area (Å²) in [6, 6.07) is 28.5. The average molecular weight is 933 g/mol. The smallest absolute Gasteiger partial charge is 0.347 e. The number of aromatic hydroxyl groups is 2. The van der Waals surface area contributed by atoms with Crippen molar-refractivity contribution in [2.45, 2.75) is 135 Å². The van der Waals surface area contributed by atoms with Crippen LogP contribution in [-0.4, -0.2) is 46.3 Å². The molecule has 360 valence electrons.